The Morgan fingerprint density at radius 3 is 2.45 bits per heavy atom. The van der Waals surface area contributed by atoms with Crippen LogP contribution in [0.15, 0.2) is 12.1 Å². The van der Waals surface area contributed by atoms with Gasteiger partial charge in [-0.15, -0.1) is 0 Å². The third-order valence-electron chi connectivity index (χ3n) is 3.83. The smallest absolute Gasteiger partial charge is 0.254 e. The minimum atomic E-state index is -0.0729. The first kappa shape index (κ1) is 16.4. The number of carbonyl (C=O) groups excluding carboxylic acids is 1. The minimum Gasteiger partial charge on any atom is -0.493 e. The predicted molar refractivity (Wildman–Crippen MR) is 83.4 cm³/mol. The quantitative estimate of drug-likeness (QED) is 0.747. The Kier molecular flexibility index (Phi) is 5.46. The van der Waals surface area contributed by atoms with E-state index in [-0.39, 0.29) is 12.5 Å². The maximum atomic E-state index is 12.6. The van der Waals surface area contributed by atoms with Gasteiger partial charge >= 0.3 is 0 Å². The molecule has 3 N–H and O–H groups in total. The normalized spacial score (nSPS) is 15.7. The van der Waals surface area contributed by atoms with E-state index in [1.165, 1.54) is 14.2 Å². The van der Waals surface area contributed by atoms with Crippen molar-refractivity contribution in [3.05, 3.63) is 17.7 Å². The lowest BCUT2D eigenvalue weighted by Gasteiger charge is -2.34. The molecule has 0 aromatic heterocycles. The number of anilines is 1. The van der Waals surface area contributed by atoms with E-state index in [1.807, 2.05) is 0 Å². The molecule has 1 amide bonds. The number of methoxy groups -OCH3 is 2. The molecule has 7 heteroatoms. The van der Waals surface area contributed by atoms with Crippen LogP contribution in [0.5, 0.6) is 11.5 Å². The van der Waals surface area contributed by atoms with Crippen LogP contribution in [0.2, 0.25) is 0 Å². The molecule has 1 aromatic carbocycles. The third kappa shape index (κ3) is 3.42. The van der Waals surface area contributed by atoms with Crippen molar-refractivity contribution in [1.29, 1.82) is 0 Å². The molecule has 1 fully saturated rings. The number of carbonyl (C=O) groups is 1. The maximum Gasteiger partial charge on any atom is 0.254 e. The van der Waals surface area contributed by atoms with E-state index in [0.717, 1.165) is 13.1 Å². The number of aliphatic hydroxyl groups is 1. The van der Waals surface area contributed by atoms with Gasteiger partial charge in [0.1, 0.15) is 0 Å². The van der Waals surface area contributed by atoms with Gasteiger partial charge in [0.2, 0.25) is 0 Å². The number of nitrogens with two attached hydrogens (primary N) is 1. The number of ether oxygens (including phenoxy) is 2. The Balaban J connectivity index is 2.12. The molecule has 0 atom stereocenters. The summed E-state index contributed by atoms with van der Waals surface area (Å²) in [5.74, 6) is 0.813. The number of hydrogen-bond acceptors (Lipinski definition) is 6. The lowest BCUT2D eigenvalue weighted by Crippen LogP contribution is -2.49. The maximum absolute atomic E-state index is 12.6. The average Bonchev–Trinajstić information content (AvgIpc) is 2.54. The van der Waals surface area contributed by atoms with Crippen LogP contribution in [0.25, 0.3) is 0 Å². The monoisotopic (exact) mass is 309 g/mol. The van der Waals surface area contributed by atoms with Crippen molar-refractivity contribution in [2.24, 2.45) is 0 Å². The van der Waals surface area contributed by atoms with Crippen molar-refractivity contribution < 1.29 is 19.4 Å². The van der Waals surface area contributed by atoms with Gasteiger partial charge in [-0.3, -0.25) is 9.69 Å². The van der Waals surface area contributed by atoms with Crippen molar-refractivity contribution in [2.75, 3.05) is 59.3 Å². The summed E-state index contributed by atoms with van der Waals surface area (Å²) in [6.07, 6.45) is 0. The molecule has 1 aromatic rings. The molecule has 1 aliphatic heterocycles. The van der Waals surface area contributed by atoms with Gasteiger partial charge in [0.25, 0.3) is 5.91 Å². The van der Waals surface area contributed by atoms with Gasteiger partial charge in [0, 0.05) is 38.3 Å². The van der Waals surface area contributed by atoms with Crippen LogP contribution in [0.1, 0.15) is 10.4 Å². The fourth-order valence-electron chi connectivity index (χ4n) is 2.62. The second kappa shape index (κ2) is 7.33. The molecular weight excluding hydrogens is 286 g/mol. The third-order valence-corrected chi connectivity index (χ3v) is 3.83. The van der Waals surface area contributed by atoms with E-state index in [4.69, 9.17) is 20.3 Å². The summed E-state index contributed by atoms with van der Waals surface area (Å²) in [5, 5.41) is 8.95. The molecule has 0 aliphatic carbocycles. The van der Waals surface area contributed by atoms with Gasteiger partial charge < -0.3 is 25.2 Å². The summed E-state index contributed by atoms with van der Waals surface area (Å²) in [6, 6.07) is 3.27. The van der Waals surface area contributed by atoms with Crippen LogP contribution in [0.4, 0.5) is 5.69 Å². The number of benzene rings is 1. The van der Waals surface area contributed by atoms with E-state index < -0.39 is 0 Å². The number of aliphatic hydroxyl groups excluding tert-OH is 1. The summed E-state index contributed by atoms with van der Waals surface area (Å²) in [4.78, 5) is 16.5. The average molecular weight is 309 g/mol. The van der Waals surface area contributed by atoms with Crippen molar-refractivity contribution in [3.63, 3.8) is 0 Å². The highest BCUT2D eigenvalue weighted by atomic mass is 16.5. The highest BCUT2D eigenvalue weighted by molar-refractivity contribution is 5.96. The number of hydrogen-bond donors (Lipinski definition) is 2. The summed E-state index contributed by atoms with van der Waals surface area (Å²) in [6.45, 7) is 3.57. The standard InChI is InChI=1S/C15H23N3O4/c1-21-13-10-11(9-12(16)14(13)22-2)15(20)18-5-3-17(4-6-18)7-8-19/h9-10,19H,3-8,16H2,1-2H3. The molecule has 1 heterocycles. The molecule has 1 aliphatic rings. The highest BCUT2D eigenvalue weighted by Gasteiger charge is 2.23. The van der Waals surface area contributed by atoms with Crippen LogP contribution in [0.3, 0.4) is 0 Å². The first-order chi connectivity index (χ1) is 10.6. The van der Waals surface area contributed by atoms with Crippen molar-refractivity contribution in [3.8, 4) is 11.5 Å². The fraction of sp³-hybridized carbons (Fsp3) is 0.533. The number of nitrogens with zero attached hydrogens (tertiary/aromatic N) is 2. The number of amides is 1. The second-order valence-corrected chi connectivity index (χ2v) is 5.16. The van der Waals surface area contributed by atoms with Gasteiger partial charge in [-0.05, 0) is 12.1 Å². The van der Waals surface area contributed by atoms with Crippen molar-refractivity contribution >= 4 is 11.6 Å². The first-order valence-electron chi connectivity index (χ1n) is 7.24. The van der Waals surface area contributed by atoms with E-state index in [1.54, 1.807) is 17.0 Å². The van der Waals surface area contributed by atoms with Crippen LogP contribution in [-0.4, -0.2) is 74.4 Å². The zero-order valence-corrected chi connectivity index (χ0v) is 13.0. The Hall–Kier alpha value is -1.99. The molecule has 0 saturated carbocycles. The van der Waals surface area contributed by atoms with Gasteiger partial charge in [-0.25, -0.2) is 0 Å². The summed E-state index contributed by atoms with van der Waals surface area (Å²) >= 11 is 0. The lowest BCUT2D eigenvalue weighted by atomic mass is 10.1. The molecule has 0 spiro atoms. The molecule has 0 bridgehead atoms. The molecule has 0 unspecified atom stereocenters. The molecule has 0 radical (unpaired) electrons. The van der Waals surface area contributed by atoms with Gasteiger partial charge in [0.15, 0.2) is 11.5 Å². The largest absolute Gasteiger partial charge is 0.493 e. The Morgan fingerprint density at radius 1 is 1.23 bits per heavy atom. The van der Waals surface area contributed by atoms with Crippen LogP contribution >= 0.6 is 0 Å². The Bertz CT molecular complexity index is 528. The number of piperazine rings is 1. The van der Waals surface area contributed by atoms with Crippen molar-refractivity contribution in [2.45, 2.75) is 0 Å². The van der Waals surface area contributed by atoms with Gasteiger partial charge in [-0.1, -0.05) is 0 Å². The first-order valence-corrected chi connectivity index (χ1v) is 7.24. The summed E-state index contributed by atoms with van der Waals surface area (Å²) in [5.41, 5.74) is 6.80. The summed E-state index contributed by atoms with van der Waals surface area (Å²) < 4.78 is 10.4. The van der Waals surface area contributed by atoms with Gasteiger partial charge in [0.05, 0.1) is 26.5 Å². The topological polar surface area (TPSA) is 88.3 Å². The molecule has 1 saturated heterocycles. The molecule has 122 valence electrons. The fourth-order valence-corrected chi connectivity index (χ4v) is 2.62. The van der Waals surface area contributed by atoms with E-state index in [0.29, 0.717) is 42.4 Å². The van der Waals surface area contributed by atoms with E-state index in [9.17, 15) is 4.79 Å². The van der Waals surface area contributed by atoms with Crippen molar-refractivity contribution in [1.82, 2.24) is 9.80 Å². The Labute approximate surface area is 130 Å². The van der Waals surface area contributed by atoms with E-state index in [2.05, 4.69) is 4.90 Å². The molecule has 7 nitrogen and oxygen atoms in total. The number of nitrogen functional groups attached to an aromatic ring is 1. The highest BCUT2D eigenvalue weighted by Crippen LogP contribution is 2.34. The second-order valence-electron chi connectivity index (χ2n) is 5.16. The van der Waals surface area contributed by atoms with Gasteiger partial charge in [-0.2, -0.15) is 0 Å². The minimum absolute atomic E-state index is 0.0729. The SMILES string of the molecule is COc1cc(C(=O)N2CCN(CCO)CC2)cc(N)c1OC. The van der Waals surface area contributed by atoms with Crippen LogP contribution in [-0.2, 0) is 0 Å². The number of rotatable bonds is 5. The molecule has 2 rings (SSSR count). The zero-order chi connectivity index (χ0) is 16.1. The number of β-amino-alcohol motifs (C(OH)–C–C–N with tert-alkyl or cyclic N) is 1. The Morgan fingerprint density at radius 2 is 1.91 bits per heavy atom. The lowest BCUT2D eigenvalue weighted by molar-refractivity contribution is 0.0614. The summed E-state index contributed by atoms with van der Waals surface area (Å²) in [7, 11) is 3.02. The molecule has 22 heavy (non-hydrogen) atoms. The zero-order valence-electron chi connectivity index (χ0n) is 13.0. The predicted octanol–water partition coefficient (Wildman–Crippen LogP) is 0.0361. The molecular formula is C15H23N3O4. The van der Waals surface area contributed by atoms with Crippen LogP contribution < -0.4 is 15.2 Å². The van der Waals surface area contributed by atoms with E-state index >= 15 is 0 Å². The van der Waals surface area contributed by atoms with Crippen LogP contribution in [0, 0.1) is 0 Å².